The minimum absolute atomic E-state index is 0.333. The van der Waals surface area contributed by atoms with E-state index >= 15 is 0 Å². The van der Waals surface area contributed by atoms with Crippen molar-refractivity contribution in [2.75, 3.05) is 19.6 Å². The number of benzene rings is 2. The van der Waals surface area contributed by atoms with Crippen molar-refractivity contribution in [1.29, 1.82) is 5.41 Å². The maximum atomic E-state index is 10.7. The quantitative estimate of drug-likeness (QED) is 0.620. The van der Waals surface area contributed by atoms with E-state index in [0.29, 0.717) is 17.2 Å². The van der Waals surface area contributed by atoms with Gasteiger partial charge in [0.05, 0.1) is 23.7 Å². The second-order valence-electron chi connectivity index (χ2n) is 6.67. The van der Waals surface area contributed by atoms with E-state index < -0.39 is 6.10 Å². The molecule has 6 heteroatoms. The van der Waals surface area contributed by atoms with Crippen LogP contribution in [0.4, 0.5) is 0 Å². The number of hydrogen-bond acceptors (Lipinski definition) is 3. The first-order valence-corrected chi connectivity index (χ1v) is 9.81. The highest BCUT2D eigenvalue weighted by Gasteiger charge is 2.15. The zero-order chi connectivity index (χ0) is 19.4. The Hall–Kier alpha value is -2.08. The third-order valence-electron chi connectivity index (χ3n) is 5.12. The van der Waals surface area contributed by atoms with Crippen molar-refractivity contribution in [3.63, 3.8) is 0 Å². The van der Waals surface area contributed by atoms with Gasteiger partial charge in [0.1, 0.15) is 0 Å². The Bertz CT molecular complexity index is 941. The van der Waals surface area contributed by atoms with E-state index in [1.54, 1.807) is 12.1 Å². The highest BCUT2D eigenvalue weighted by Crippen LogP contribution is 2.20. The van der Waals surface area contributed by atoms with Gasteiger partial charge in [-0.1, -0.05) is 49.7 Å². The van der Waals surface area contributed by atoms with E-state index in [0.717, 1.165) is 42.8 Å². The van der Waals surface area contributed by atoms with Crippen LogP contribution in [0.1, 0.15) is 25.5 Å². The lowest BCUT2D eigenvalue weighted by Gasteiger charge is -2.18. The molecule has 3 rings (SSSR count). The first-order valence-electron chi connectivity index (χ1n) is 9.43. The molecule has 2 N–H and O–H groups in total. The average molecular weight is 387 g/mol. The van der Waals surface area contributed by atoms with Crippen LogP contribution in [0.5, 0.6) is 0 Å². The molecule has 27 heavy (non-hydrogen) atoms. The predicted molar refractivity (Wildman–Crippen MR) is 110 cm³/mol. The molecular formula is C21H27ClN4O. The van der Waals surface area contributed by atoms with Gasteiger partial charge in [0.25, 0.3) is 0 Å². The van der Waals surface area contributed by atoms with Crippen molar-refractivity contribution in [2.24, 2.45) is 0 Å². The van der Waals surface area contributed by atoms with E-state index in [9.17, 15) is 5.11 Å². The third kappa shape index (κ3) is 4.26. The molecule has 0 saturated heterocycles. The summed E-state index contributed by atoms with van der Waals surface area (Å²) in [5.41, 5.74) is 3.20. The Kier molecular flexibility index (Phi) is 6.37. The van der Waals surface area contributed by atoms with Gasteiger partial charge in [-0.3, -0.25) is 5.41 Å². The number of halogens is 1. The number of aliphatic hydroxyl groups is 1. The van der Waals surface area contributed by atoms with Gasteiger partial charge in [-0.25, -0.2) is 0 Å². The normalized spacial score (nSPS) is 12.8. The minimum Gasteiger partial charge on any atom is -0.387 e. The van der Waals surface area contributed by atoms with Crippen LogP contribution in [0.3, 0.4) is 0 Å². The van der Waals surface area contributed by atoms with Crippen molar-refractivity contribution in [3.8, 4) is 0 Å². The van der Waals surface area contributed by atoms with Gasteiger partial charge in [0.15, 0.2) is 0 Å². The van der Waals surface area contributed by atoms with Crippen LogP contribution in [0.15, 0.2) is 48.5 Å². The van der Waals surface area contributed by atoms with E-state index in [1.807, 2.05) is 45.5 Å². The Morgan fingerprint density at radius 1 is 1.00 bits per heavy atom. The highest BCUT2D eigenvalue weighted by atomic mass is 35.5. The number of aliphatic hydroxyl groups excluding tert-OH is 1. The number of aromatic nitrogens is 2. The molecule has 0 aliphatic heterocycles. The number of fused-ring (bicyclic) bond motifs is 1. The molecule has 0 saturated carbocycles. The Morgan fingerprint density at radius 3 is 2.19 bits per heavy atom. The minimum atomic E-state index is -0.696. The van der Waals surface area contributed by atoms with E-state index in [2.05, 4.69) is 18.7 Å². The number of nitrogens with zero attached hydrogens (tertiary/aromatic N) is 3. The lowest BCUT2D eigenvalue weighted by atomic mass is 10.1. The van der Waals surface area contributed by atoms with Crippen molar-refractivity contribution in [2.45, 2.75) is 33.0 Å². The summed E-state index contributed by atoms with van der Waals surface area (Å²) in [7, 11) is 0. The largest absolute Gasteiger partial charge is 0.387 e. The summed E-state index contributed by atoms with van der Waals surface area (Å²) in [6, 6.07) is 15.2. The summed E-state index contributed by atoms with van der Waals surface area (Å²) in [5, 5.41) is 20.0. The van der Waals surface area contributed by atoms with E-state index in [1.165, 1.54) is 0 Å². The molecule has 0 spiro atoms. The van der Waals surface area contributed by atoms with Gasteiger partial charge in [-0.2, -0.15) is 0 Å². The van der Waals surface area contributed by atoms with Gasteiger partial charge in [-0.15, -0.1) is 0 Å². The molecule has 1 unspecified atom stereocenters. The van der Waals surface area contributed by atoms with Crippen LogP contribution in [0.2, 0.25) is 5.02 Å². The number of hydrogen-bond donors (Lipinski definition) is 2. The first-order chi connectivity index (χ1) is 13.0. The molecule has 0 fully saturated rings. The van der Waals surface area contributed by atoms with Crippen LogP contribution in [-0.2, 0) is 13.1 Å². The van der Waals surface area contributed by atoms with Crippen molar-refractivity contribution < 1.29 is 5.11 Å². The van der Waals surface area contributed by atoms with Crippen molar-refractivity contribution in [1.82, 2.24) is 14.0 Å². The molecule has 0 aliphatic carbocycles. The fourth-order valence-corrected chi connectivity index (χ4v) is 3.58. The predicted octanol–water partition coefficient (Wildman–Crippen LogP) is 3.65. The van der Waals surface area contributed by atoms with Gasteiger partial charge >= 0.3 is 0 Å². The molecule has 1 heterocycles. The lowest BCUT2D eigenvalue weighted by molar-refractivity contribution is 0.155. The number of imidazole rings is 1. The average Bonchev–Trinajstić information content (AvgIpc) is 2.95. The topological polar surface area (TPSA) is 57.2 Å². The van der Waals surface area contributed by atoms with Crippen LogP contribution < -0.4 is 5.62 Å². The summed E-state index contributed by atoms with van der Waals surface area (Å²) in [6.07, 6.45) is -0.696. The molecule has 0 bridgehead atoms. The fourth-order valence-electron chi connectivity index (χ4n) is 3.45. The van der Waals surface area contributed by atoms with Gasteiger partial charge in [0, 0.05) is 18.1 Å². The van der Waals surface area contributed by atoms with Crippen LogP contribution >= 0.6 is 11.6 Å². The molecule has 144 valence electrons. The smallest absolute Gasteiger partial charge is 0.203 e. The number of para-hydroxylation sites is 2. The monoisotopic (exact) mass is 386 g/mol. The molecule has 5 nitrogen and oxygen atoms in total. The highest BCUT2D eigenvalue weighted by molar-refractivity contribution is 6.30. The summed E-state index contributed by atoms with van der Waals surface area (Å²) in [5.74, 6) is 0. The fraction of sp³-hybridized carbons (Fsp3) is 0.381. The SMILES string of the molecule is CCN(CC)CCn1c(=N)n(CC(O)c2ccc(Cl)cc2)c2ccccc21. The first kappa shape index (κ1) is 19.7. The Morgan fingerprint density at radius 2 is 1.59 bits per heavy atom. The summed E-state index contributed by atoms with van der Waals surface area (Å²) in [6.45, 7) is 8.29. The number of likely N-dealkylation sites (N-methyl/N-ethyl adjacent to an activating group) is 1. The Labute approximate surface area is 164 Å². The summed E-state index contributed by atoms with van der Waals surface area (Å²) in [4.78, 5) is 2.35. The third-order valence-corrected chi connectivity index (χ3v) is 5.37. The second-order valence-corrected chi connectivity index (χ2v) is 7.11. The summed E-state index contributed by atoms with van der Waals surface area (Å²) >= 11 is 5.94. The second kappa shape index (κ2) is 8.74. The van der Waals surface area contributed by atoms with Gasteiger partial charge < -0.3 is 19.1 Å². The van der Waals surface area contributed by atoms with E-state index in [4.69, 9.17) is 17.0 Å². The van der Waals surface area contributed by atoms with Crippen LogP contribution in [0.25, 0.3) is 11.0 Å². The van der Waals surface area contributed by atoms with Crippen molar-refractivity contribution >= 4 is 22.6 Å². The lowest BCUT2D eigenvalue weighted by Crippen LogP contribution is -2.32. The maximum absolute atomic E-state index is 10.7. The van der Waals surface area contributed by atoms with Crippen molar-refractivity contribution in [3.05, 3.63) is 64.7 Å². The van der Waals surface area contributed by atoms with E-state index in [-0.39, 0.29) is 0 Å². The number of rotatable bonds is 8. The zero-order valence-electron chi connectivity index (χ0n) is 15.9. The summed E-state index contributed by atoms with van der Waals surface area (Å²) < 4.78 is 3.92. The van der Waals surface area contributed by atoms with Crippen LogP contribution in [-0.4, -0.2) is 38.8 Å². The van der Waals surface area contributed by atoms with Crippen LogP contribution in [0, 0.1) is 5.41 Å². The standard InChI is InChI=1S/C21H27ClN4O/c1-3-24(4-2)13-14-25-18-7-5-6-8-19(18)26(21(25)23)15-20(27)16-9-11-17(22)12-10-16/h5-12,20,23,27H,3-4,13-15H2,1-2H3. The Balaban J connectivity index is 1.92. The zero-order valence-corrected chi connectivity index (χ0v) is 16.7. The molecule has 0 aliphatic rings. The van der Waals surface area contributed by atoms with Gasteiger partial charge in [-0.05, 0) is 42.9 Å². The molecular weight excluding hydrogens is 360 g/mol. The maximum Gasteiger partial charge on any atom is 0.203 e. The molecule has 1 atom stereocenters. The molecule has 2 aromatic carbocycles. The van der Waals surface area contributed by atoms with Gasteiger partial charge in [0.2, 0.25) is 5.62 Å². The molecule has 3 aromatic rings. The molecule has 1 aromatic heterocycles. The number of nitrogens with one attached hydrogen (secondary N) is 1. The molecule has 0 amide bonds. The molecule has 0 radical (unpaired) electrons.